The minimum atomic E-state index is -0.198. The highest BCUT2D eigenvalue weighted by molar-refractivity contribution is 9.10. The van der Waals surface area contributed by atoms with Gasteiger partial charge >= 0.3 is 0 Å². The molecular formula is C7H7BrO3. The van der Waals surface area contributed by atoms with Crippen molar-refractivity contribution < 1.29 is 14.9 Å². The molecule has 1 aromatic rings. The van der Waals surface area contributed by atoms with E-state index in [9.17, 15) is 0 Å². The molecule has 0 heterocycles. The molecule has 0 aliphatic heterocycles. The van der Waals surface area contributed by atoms with E-state index in [1.54, 1.807) is 6.07 Å². The van der Waals surface area contributed by atoms with Crippen LogP contribution in [0.25, 0.3) is 0 Å². The van der Waals surface area contributed by atoms with E-state index < -0.39 is 0 Å². The molecule has 0 saturated carbocycles. The second kappa shape index (κ2) is 3.00. The molecule has 0 spiro atoms. The Labute approximate surface area is 72.4 Å². The minimum Gasteiger partial charge on any atom is -0.504 e. The number of halogens is 1. The zero-order valence-corrected chi connectivity index (χ0v) is 7.42. The third-order valence-corrected chi connectivity index (χ3v) is 1.86. The summed E-state index contributed by atoms with van der Waals surface area (Å²) in [6.07, 6.45) is 0. The molecule has 0 radical (unpaired) electrons. The van der Waals surface area contributed by atoms with Crippen molar-refractivity contribution in [2.75, 3.05) is 7.11 Å². The van der Waals surface area contributed by atoms with Crippen LogP contribution >= 0.6 is 15.9 Å². The number of methoxy groups -OCH3 is 1. The molecule has 0 aromatic heterocycles. The van der Waals surface area contributed by atoms with Crippen molar-refractivity contribution in [2.24, 2.45) is 0 Å². The summed E-state index contributed by atoms with van der Waals surface area (Å²) >= 11 is 3.05. The molecule has 0 aliphatic rings. The van der Waals surface area contributed by atoms with E-state index in [2.05, 4.69) is 15.9 Å². The Hall–Kier alpha value is -0.900. The van der Waals surface area contributed by atoms with Gasteiger partial charge in [-0.2, -0.15) is 0 Å². The maximum absolute atomic E-state index is 9.07. The van der Waals surface area contributed by atoms with Gasteiger partial charge in [-0.25, -0.2) is 0 Å². The first-order valence-electron chi connectivity index (χ1n) is 2.90. The Kier molecular flexibility index (Phi) is 2.24. The fraction of sp³-hybridized carbons (Fsp3) is 0.143. The molecule has 60 valence electrons. The monoisotopic (exact) mass is 218 g/mol. The maximum atomic E-state index is 9.07. The molecular weight excluding hydrogens is 212 g/mol. The summed E-state index contributed by atoms with van der Waals surface area (Å²) in [6, 6.07) is 2.90. The Morgan fingerprint density at radius 2 is 2.00 bits per heavy atom. The topological polar surface area (TPSA) is 49.7 Å². The summed E-state index contributed by atoms with van der Waals surface area (Å²) in [7, 11) is 1.48. The molecule has 0 bridgehead atoms. The van der Waals surface area contributed by atoms with Gasteiger partial charge in [0, 0.05) is 6.07 Å². The van der Waals surface area contributed by atoms with E-state index in [0.29, 0.717) is 10.2 Å². The van der Waals surface area contributed by atoms with Crippen LogP contribution in [0.2, 0.25) is 0 Å². The first-order valence-corrected chi connectivity index (χ1v) is 3.70. The van der Waals surface area contributed by atoms with Crippen LogP contribution in [0, 0.1) is 0 Å². The number of aromatic hydroxyl groups is 2. The first kappa shape index (κ1) is 8.20. The first-order chi connectivity index (χ1) is 5.15. The van der Waals surface area contributed by atoms with Crippen molar-refractivity contribution in [3.63, 3.8) is 0 Å². The van der Waals surface area contributed by atoms with Crippen LogP contribution < -0.4 is 4.74 Å². The maximum Gasteiger partial charge on any atom is 0.172 e. The van der Waals surface area contributed by atoms with Gasteiger partial charge in [0.15, 0.2) is 11.5 Å². The second-order valence-corrected chi connectivity index (χ2v) is 2.83. The van der Waals surface area contributed by atoms with Crippen molar-refractivity contribution in [1.82, 2.24) is 0 Å². The summed E-state index contributed by atoms with van der Waals surface area (Å²) in [5.74, 6) is 0.120. The lowest BCUT2D eigenvalue weighted by Crippen LogP contribution is -1.82. The number of rotatable bonds is 1. The molecule has 4 heteroatoms. The molecule has 0 atom stereocenters. The van der Waals surface area contributed by atoms with Crippen LogP contribution in [0.1, 0.15) is 0 Å². The predicted octanol–water partition coefficient (Wildman–Crippen LogP) is 1.87. The molecule has 3 nitrogen and oxygen atoms in total. The molecule has 0 aliphatic carbocycles. The summed E-state index contributed by atoms with van der Waals surface area (Å²) in [5.41, 5.74) is 0. The lowest BCUT2D eigenvalue weighted by atomic mass is 10.3. The van der Waals surface area contributed by atoms with E-state index in [1.807, 2.05) is 0 Å². The Bertz CT molecular complexity index is 249. The van der Waals surface area contributed by atoms with E-state index in [1.165, 1.54) is 13.2 Å². The largest absolute Gasteiger partial charge is 0.504 e. The summed E-state index contributed by atoms with van der Waals surface area (Å²) in [4.78, 5) is 0. The van der Waals surface area contributed by atoms with Crippen LogP contribution in [0.3, 0.4) is 0 Å². The average Bonchev–Trinajstić information content (AvgIpc) is 1.99. The van der Waals surface area contributed by atoms with Crippen molar-refractivity contribution in [1.29, 1.82) is 0 Å². The van der Waals surface area contributed by atoms with Crippen LogP contribution in [0.15, 0.2) is 16.6 Å². The number of phenolic OH excluding ortho intramolecular Hbond substituents is 2. The number of phenols is 2. The number of hydrogen-bond donors (Lipinski definition) is 2. The highest BCUT2D eigenvalue weighted by Crippen LogP contribution is 2.36. The Morgan fingerprint density at radius 1 is 1.36 bits per heavy atom. The normalized spacial score (nSPS) is 9.64. The van der Waals surface area contributed by atoms with Crippen molar-refractivity contribution >= 4 is 15.9 Å². The molecule has 1 aromatic carbocycles. The molecule has 0 amide bonds. The zero-order valence-electron chi connectivity index (χ0n) is 5.84. The van der Waals surface area contributed by atoms with Gasteiger partial charge in [-0.3, -0.25) is 0 Å². The van der Waals surface area contributed by atoms with E-state index in [4.69, 9.17) is 14.9 Å². The third-order valence-electron chi connectivity index (χ3n) is 1.25. The third kappa shape index (κ3) is 1.57. The fourth-order valence-electron chi connectivity index (χ4n) is 0.678. The molecule has 1 rings (SSSR count). The van der Waals surface area contributed by atoms with Crippen molar-refractivity contribution in [3.8, 4) is 17.2 Å². The number of hydrogen-bond acceptors (Lipinski definition) is 3. The van der Waals surface area contributed by atoms with E-state index >= 15 is 0 Å². The van der Waals surface area contributed by atoms with Crippen LogP contribution in [-0.2, 0) is 0 Å². The summed E-state index contributed by atoms with van der Waals surface area (Å²) < 4.78 is 5.24. The van der Waals surface area contributed by atoms with Crippen molar-refractivity contribution in [3.05, 3.63) is 16.6 Å². The molecule has 2 N–H and O–H groups in total. The van der Waals surface area contributed by atoms with Crippen LogP contribution in [0.5, 0.6) is 17.2 Å². The Morgan fingerprint density at radius 3 is 2.45 bits per heavy atom. The number of ether oxygens (including phenoxy) is 1. The highest BCUT2D eigenvalue weighted by Gasteiger charge is 2.05. The van der Waals surface area contributed by atoms with Gasteiger partial charge < -0.3 is 14.9 Å². The zero-order chi connectivity index (χ0) is 8.43. The standard InChI is InChI=1S/C7H7BrO3/c1-11-4-2-5(8)7(10)6(9)3-4/h2-3,9-10H,1H3. The lowest BCUT2D eigenvalue weighted by Gasteiger charge is -2.03. The second-order valence-electron chi connectivity index (χ2n) is 1.98. The molecule has 0 saturated heterocycles. The summed E-state index contributed by atoms with van der Waals surface area (Å²) in [6.45, 7) is 0. The van der Waals surface area contributed by atoms with Gasteiger partial charge in [-0.05, 0) is 22.0 Å². The van der Waals surface area contributed by atoms with E-state index in [0.717, 1.165) is 0 Å². The van der Waals surface area contributed by atoms with Gasteiger partial charge in [0.2, 0.25) is 0 Å². The molecule has 11 heavy (non-hydrogen) atoms. The highest BCUT2D eigenvalue weighted by atomic mass is 79.9. The quantitative estimate of drug-likeness (QED) is 0.708. The Balaban J connectivity index is 3.21. The van der Waals surface area contributed by atoms with Crippen molar-refractivity contribution in [2.45, 2.75) is 0 Å². The predicted molar refractivity (Wildman–Crippen MR) is 44.0 cm³/mol. The van der Waals surface area contributed by atoms with Gasteiger partial charge in [0.05, 0.1) is 11.6 Å². The van der Waals surface area contributed by atoms with Crippen LogP contribution in [0.4, 0.5) is 0 Å². The lowest BCUT2D eigenvalue weighted by molar-refractivity contribution is 0.384. The SMILES string of the molecule is COc1cc(O)c(O)c(Br)c1. The van der Waals surface area contributed by atoms with Gasteiger partial charge in [-0.1, -0.05) is 0 Å². The van der Waals surface area contributed by atoms with Gasteiger partial charge in [-0.15, -0.1) is 0 Å². The summed E-state index contributed by atoms with van der Waals surface area (Å²) in [5, 5.41) is 18.1. The average molecular weight is 219 g/mol. The smallest absolute Gasteiger partial charge is 0.172 e. The van der Waals surface area contributed by atoms with Crippen LogP contribution in [-0.4, -0.2) is 17.3 Å². The number of benzene rings is 1. The van der Waals surface area contributed by atoms with Gasteiger partial charge in [0.1, 0.15) is 5.75 Å². The minimum absolute atomic E-state index is 0.175. The molecule has 0 fully saturated rings. The molecule has 0 unspecified atom stereocenters. The van der Waals surface area contributed by atoms with Gasteiger partial charge in [0.25, 0.3) is 0 Å². The van der Waals surface area contributed by atoms with E-state index in [-0.39, 0.29) is 11.5 Å². The fourth-order valence-corrected chi connectivity index (χ4v) is 1.11.